The van der Waals surface area contributed by atoms with Crippen molar-refractivity contribution in [3.8, 4) is 39.8 Å². The molecule has 0 saturated carbocycles. The first-order chi connectivity index (χ1) is 21.9. The molecule has 0 aliphatic carbocycles. The van der Waals surface area contributed by atoms with E-state index in [-0.39, 0.29) is 12.3 Å². The van der Waals surface area contributed by atoms with Crippen molar-refractivity contribution in [3.05, 3.63) is 101 Å². The zero-order valence-electron chi connectivity index (χ0n) is 25.0. The quantitative estimate of drug-likeness (QED) is 0.161. The number of H-pyrrole nitrogens is 1. The van der Waals surface area contributed by atoms with Crippen LogP contribution in [-0.4, -0.2) is 48.9 Å². The van der Waals surface area contributed by atoms with E-state index in [1.54, 1.807) is 54.6 Å². The fourth-order valence-electron chi connectivity index (χ4n) is 5.37. The number of esters is 1. The molecule has 228 valence electrons. The molecule has 0 fully saturated rings. The molecule has 0 aliphatic rings. The van der Waals surface area contributed by atoms with Gasteiger partial charge in [0.15, 0.2) is 11.5 Å². The van der Waals surface area contributed by atoms with Crippen LogP contribution < -0.4 is 30.2 Å². The lowest BCUT2D eigenvalue weighted by molar-refractivity contribution is 0.0591. The number of para-hydroxylation sites is 2. The molecule has 11 heteroatoms. The Labute approximate surface area is 257 Å². The summed E-state index contributed by atoms with van der Waals surface area (Å²) in [6.07, 6.45) is 0. The third-order valence-corrected chi connectivity index (χ3v) is 7.45. The second-order valence-electron chi connectivity index (χ2n) is 10.1. The summed E-state index contributed by atoms with van der Waals surface area (Å²) in [6.45, 7) is 0.145. The van der Waals surface area contributed by atoms with Crippen molar-refractivity contribution in [3.63, 3.8) is 0 Å². The monoisotopic (exact) mass is 606 g/mol. The van der Waals surface area contributed by atoms with Crippen molar-refractivity contribution < 1.29 is 28.5 Å². The predicted molar refractivity (Wildman–Crippen MR) is 171 cm³/mol. The zero-order valence-corrected chi connectivity index (χ0v) is 25.0. The first kappa shape index (κ1) is 29.1. The van der Waals surface area contributed by atoms with Crippen molar-refractivity contribution in [2.75, 3.05) is 34.2 Å². The van der Waals surface area contributed by atoms with Crippen LogP contribution in [0.3, 0.4) is 0 Å². The first-order valence-corrected chi connectivity index (χ1v) is 13.9. The van der Waals surface area contributed by atoms with Crippen LogP contribution >= 0.6 is 0 Å². The number of hydrogen-bond donors (Lipinski definition) is 2. The van der Waals surface area contributed by atoms with Gasteiger partial charge in [-0.05, 0) is 77.7 Å². The highest BCUT2D eigenvalue weighted by molar-refractivity contribution is 6.08. The summed E-state index contributed by atoms with van der Waals surface area (Å²) < 4.78 is 29.4. The van der Waals surface area contributed by atoms with Crippen molar-refractivity contribution >= 4 is 33.5 Å². The molecule has 0 bridgehead atoms. The Kier molecular flexibility index (Phi) is 7.74. The normalized spacial score (nSPS) is 11.0. The van der Waals surface area contributed by atoms with Crippen LogP contribution in [0.4, 0.5) is 5.69 Å². The topological polar surface area (TPSA) is 140 Å². The van der Waals surface area contributed by atoms with Gasteiger partial charge in [0, 0.05) is 16.9 Å². The van der Waals surface area contributed by atoms with Gasteiger partial charge >= 0.3 is 5.97 Å². The molecule has 45 heavy (non-hydrogen) atoms. The maximum atomic E-state index is 14.3. The van der Waals surface area contributed by atoms with Gasteiger partial charge in [0.1, 0.15) is 23.9 Å². The number of carbonyl (C=O) groups excluding carboxylic acids is 1. The van der Waals surface area contributed by atoms with E-state index in [9.17, 15) is 9.59 Å². The van der Waals surface area contributed by atoms with Gasteiger partial charge in [-0.3, -0.25) is 9.36 Å². The molecule has 0 radical (unpaired) electrons. The fraction of sp³-hybridized carbons (Fsp3) is 0.147. The molecular weight excluding hydrogens is 576 g/mol. The number of benzene rings is 4. The summed E-state index contributed by atoms with van der Waals surface area (Å²) in [5.74, 6) is 1.46. The second kappa shape index (κ2) is 12.0. The summed E-state index contributed by atoms with van der Waals surface area (Å²) in [5, 5.41) is 0.780. The summed E-state index contributed by atoms with van der Waals surface area (Å²) in [5.41, 5.74) is 9.07. The molecule has 11 nitrogen and oxygen atoms in total. The Hall–Kier alpha value is -5.97. The largest absolute Gasteiger partial charge is 0.493 e. The van der Waals surface area contributed by atoms with Crippen molar-refractivity contribution in [1.29, 1.82) is 0 Å². The number of nitrogens with two attached hydrogens (primary N) is 1. The summed E-state index contributed by atoms with van der Waals surface area (Å²) in [6, 6.07) is 22.9. The highest BCUT2D eigenvalue weighted by atomic mass is 16.5. The van der Waals surface area contributed by atoms with Crippen molar-refractivity contribution in [2.24, 2.45) is 0 Å². The Bertz CT molecular complexity index is 2060. The van der Waals surface area contributed by atoms with Gasteiger partial charge in [-0.25, -0.2) is 9.78 Å². The Morgan fingerprint density at radius 2 is 1.58 bits per heavy atom. The summed E-state index contributed by atoms with van der Waals surface area (Å²) >= 11 is 0. The molecule has 2 heterocycles. The number of rotatable bonds is 9. The maximum absolute atomic E-state index is 14.3. The second-order valence-corrected chi connectivity index (χ2v) is 10.1. The number of imidazole rings is 1. The molecule has 0 atom stereocenters. The number of fused-ring (bicyclic) bond motifs is 2. The van der Waals surface area contributed by atoms with Gasteiger partial charge in [0.25, 0.3) is 5.56 Å². The minimum atomic E-state index is -0.722. The van der Waals surface area contributed by atoms with Crippen LogP contribution in [0.2, 0.25) is 0 Å². The van der Waals surface area contributed by atoms with E-state index >= 15 is 0 Å². The number of aromatic nitrogens is 3. The molecule has 4 aromatic carbocycles. The Morgan fingerprint density at radius 3 is 2.22 bits per heavy atom. The van der Waals surface area contributed by atoms with E-state index in [4.69, 9.17) is 29.4 Å². The molecule has 3 N–H and O–H groups in total. The third-order valence-electron chi connectivity index (χ3n) is 7.45. The number of methoxy groups -OCH3 is 4. The lowest BCUT2D eigenvalue weighted by atomic mass is 9.95. The van der Waals surface area contributed by atoms with Crippen LogP contribution in [-0.2, 0) is 11.3 Å². The van der Waals surface area contributed by atoms with Crippen molar-refractivity contribution in [2.45, 2.75) is 6.61 Å². The van der Waals surface area contributed by atoms with E-state index in [1.807, 2.05) is 24.3 Å². The lowest BCUT2D eigenvalue weighted by Crippen LogP contribution is -2.27. The molecule has 0 saturated heterocycles. The van der Waals surface area contributed by atoms with E-state index < -0.39 is 11.5 Å². The van der Waals surface area contributed by atoms with Crippen LogP contribution in [0.1, 0.15) is 16.3 Å². The standard InChI is InChI=1S/C34H30N4O7/c1-41-27-15-19(16-28(42-2)32(27)43-3)30-23-14-13-22(45-18-29-36-25-7-5-6-8-26(25)37-29)17-24(23)33(39)38(31(30)34(40)44-4)21-11-9-20(35)10-12-21/h5-17H,18,35H2,1-4H3,(H,36,37). The van der Waals surface area contributed by atoms with Crippen LogP contribution in [0.15, 0.2) is 83.7 Å². The minimum absolute atomic E-state index is 0.00462. The van der Waals surface area contributed by atoms with Crippen molar-refractivity contribution in [1.82, 2.24) is 14.5 Å². The van der Waals surface area contributed by atoms with E-state index in [0.717, 1.165) is 11.0 Å². The maximum Gasteiger partial charge on any atom is 0.355 e. The molecule has 0 aliphatic heterocycles. The number of nitrogens with zero attached hydrogens (tertiary/aromatic N) is 2. The highest BCUT2D eigenvalue weighted by Crippen LogP contribution is 2.44. The Morgan fingerprint density at radius 1 is 0.867 bits per heavy atom. The summed E-state index contributed by atoms with van der Waals surface area (Å²) in [4.78, 5) is 35.7. The van der Waals surface area contributed by atoms with E-state index in [1.165, 1.54) is 33.0 Å². The van der Waals surface area contributed by atoms with Gasteiger partial charge in [-0.1, -0.05) is 12.1 Å². The minimum Gasteiger partial charge on any atom is -0.493 e. The smallest absolute Gasteiger partial charge is 0.355 e. The molecule has 2 aromatic heterocycles. The predicted octanol–water partition coefficient (Wildman–Crippen LogP) is 5.51. The fourth-order valence-corrected chi connectivity index (χ4v) is 5.37. The SMILES string of the molecule is COC(=O)c1c(-c2cc(OC)c(OC)c(OC)c2)c2ccc(OCc3nc4ccccc4[nH]3)cc2c(=O)n1-c1ccc(N)cc1. The van der Waals surface area contributed by atoms with Gasteiger partial charge in [0.2, 0.25) is 5.75 Å². The van der Waals surface area contributed by atoms with E-state index in [2.05, 4.69) is 9.97 Å². The number of anilines is 1. The molecular formula is C34H30N4O7. The molecule has 0 spiro atoms. The number of nitrogen functional groups attached to an aromatic ring is 1. The third kappa shape index (κ3) is 5.24. The van der Waals surface area contributed by atoms with Gasteiger partial charge in [-0.15, -0.1) is 0 Å². The number of carbonyl (C=O) groups is 1. The average Bonchev–Trinajstić information content (AvgIpc) is 3.50. The molecule has 0 unspecified atom stereocenters. The van der Waals surface area contributed by atoms with E-state index in [0.29, 0.717) is 62.1 Å². The highest BCUT2D eigenvalue weighted by Gasteiger charge is 2.27. The molecule has 0 amide bonds. The number of hydrogen-bond acceptors (Lipinski definition) is 9. The number of ether oxygens (including phenoxy) is 5. The van der Waals surface area contributed by atoms with Gasteiger partial charge < -0.3 is 34.4 Å². The average molecular weight is 607 g/mol. The molecule has 6 aromatic rings. The lowest BCUT2D eigenvalue weighted by Gasteiger charge is -2.21. The van der Waals surface area contributed by atoms with Crippen LogP contribution in [0.5, 0.6) is 23.0 Å². The van der Waals surface area contributed by atoms with Crippen LogP contribution in [0.25, 0.3) is 38.6 Å². The number of nitrogens with one attached hydrogen (secondary N) is 1. The van der Waals surface area contributed by atoms with Gasteiger partial charge in [-0.2, -0.15) is 0 Å². The Balaban J connectivity index is 1.60. The molecule has 6 rings (SSSR count). The number of pyridine rings is 1. The zero-order chi connectivity index (χ0) is 31.7. The first-order valence-electron chi connectivity index (χ1n) is 13.9. The van der Waals surface area contributed by atoms with Crippen LogP contribution in [0, 0.1) is 0 Å². The summed E-state index contributed by atoms with van der Waals surface area (Å²) in [7, 11) is 5.77. The van der Waals surface area contributed by atoms with Gasteiger partial charge in [0.05, 0.1) is 44.9 Å². The number of aromatic amines is 1.